The maximum absolute atomic E-state index is 13.2. The molecule has 1 aromatic carbocycles. The fraction of sp³-hybridized carbons (Fsp3) is 0.333. The molecule has 0 aliphatic carbocycles. The molecule has 1 rings (SSSR count). The number of hydrogen-bond acceptors (Lipinski definition) is 3. The number of aliphatic hydroxyl groups excluding tert-OH is 2. The topological polar surface area (TPSA) is 52.5 Å². The normalized spacial score (nSPS) is 12.6. The summed E-state index contributed by atoms with van der Waals surface area (Å²) in [7, 11) is 0. The Morgan fingerprint density at radius 1 is 1.50 bits per heavy atom. The van der Waals surface area contributed by atoms with Gasteiger partial charge in [-0.3, -0.25) is 0 Å². The highest BCUT2D eigenvalue weighted by Crippen LogP contribution is 2.38. The zero-order valence-electron chi connectivity index (χ0n) is 7.98. The number of anilines is 1. The third kappa shape index (κ3) is 3.30. The summed E-state index contributed by atoms with van der Waals surface area (Å²) in [6, 6.07) is 1.22. The van der Waals surface area contributed by atoms with Crippen molar-refractivity contribution in [3.05, 3.63) is 25.9 Å². The van der Waals surface area contributed by atoms with Gasteiger partial charge in [0, 0.05) is 11.0 Å². The highest BCUT2D eigenvalue weighted by molar-refractivity contribution is 9.11. The molecule has 3 nitrogen and oxygen atoms in total. The van der Waals surface area contributed by atoms with E-state index >= 15 is 0 Å². The summed E-state index contributed by atoms with van der Waals surface area (Å²) in [6.45, 7) is -0.215. The van der Waals surface area contributed by atoms with Crippen molar-refractivity contribution >= 4 is 49.1 Å². The van der Waals surface area contributed by atoms with Gasteiger partial charge in [-0.15, -0.1) is 0 Å². The molecule has 0 amide bonds. The van der Waals surface area contributed by atoms with Gasteiger partial charge in [-0.25, -0.2) is 4.39 Å². The SMILES string of the molecule is OCC(O)CNc1c(Br)cc(F)c(Cl)c1Br. The molecule has 0 fully saturated rings. The van der Waals surface area contributed by atoms with Crippen molar-refractivity contribution in [2.45, 2.75) is 6.10 Å². The molecule has 0 aromatic heterocycles. The maximum atomic E-state index is 13.2. The van der Waals surface area contributed by atoms with Crippen LogP contribution in [-0.4, -0.2) is 29.5 Å². The van der Waals surface area contributed by atoms with Gasteiger partial charge in [-0.1, -0.05) is 11.6 Å². The van der Waals surface area contributed by atoms with E-state index in [0.29, 0.717) is 14.6 Å². The highest BCUT2D eigenvalue weighted by Gasteiger charge is 2.14. The lowest BCUT2D eigenvalue weighted by molar-refractivity contribution is 0.105. The first kappa shape index (κ1) is 14.2. The summed E-state index contributed by atoms with van der Waals surface area (Å²) < 4.78 is 14.0. The third-order valence-corrected chi connectivity index (χ3v) is 3.86. The molecule has 0 radical (unpaired) electrons. The molecule has 1 unspecified atom stereocenters. The summed E-state index contributed by atoms with van der Waals surface area (Å²) in [4.78, 5) is 0. The summed E-state index contributed by atoms with van der Waals surface area (Å²) >= 11 is 12.0. The second kappa shape index (κ2) is 6.16. The van der Waals surface area contributed by atoms with Crippen molar-refractivity contribution in [3.8, 4) is 0 Å². The van der Waals surface area contributed by atoms with Gasteiger partial charge in [0.05, 0.1) is 27.9 Å². The van der Waals surface area contributed by atoms with Crippen LogP contribution in [0.5, 0.6) is 0 Å². The number of rotatable bonds is 4. The van der Waals surface area contributed by atoms with Gasteiger partial charge in [0.2, 0.25) is 0 Å². The summed E-state index contributed by atoms with van der Waals surface area (Å²) in [5, 5.41) is 20.6. The van der Waals surface area contributed by atoms with Crippen LogP contribution in [0.3, 0.4) is 0 Å². The van der Waals surface area contributed by atoms with Crippen molar-refractivity contribution in [2.24, 2.45) is 0 Å². The van der Waals surface area contributed by atoms with Crippen LogP contribution in [0.25, 0.3) is 0 Å². The van der Waals surface area contributed by atoms with Crippen LogP contribution < -0.4 is 5.32 Å². The molecular weight excluding hydrogens is 368 g/mol. The molecule has 1 atom stereocenters. The fourth-order valence-corrected chi connectivity index (χ4v) is 2.51. The van der Waals surface area contributed by atoms with E-state index in [-0.39, 0.29) is 18.2 Å². The molecule has 0 saturated carbocycles. The van der Waals surface area contributed by atoms with E-state index < -0.39 is 11.9 Å². The lowest BCUT2D eigenvalue weighted by Gasteiger charge is -2.14. The molecule has 1 aromatic rings. The van der Waals surface area contributed by atoms with Crippen molar-refractivity contribution in [1.29, 1.82) is 0 Å². The number of hydrogen-bond donors (Lipinski definition) is 3. The Bertz CT molecular complexity index is 392. The molecule has 0 spiro atoms. The van der Waals surface area contributed by atoms with Crippen LogP contribution in [0.1, 0.15) is 0 Å². The lowest BCUT2D eigenvalue weighted by atomic mass is 10.3. The van der Waals surface area contributed by atoms with Crippen molar-refractivity contribution in [3.63, 3.8) is 0 Å². The van der Waals surface area contributed by atoms with Gasteiger partial charge >= 0.3 is 0 Å². The third-order valence-electron chi connectivity index (χ3n) is 1.84. The molecule has 90 valence electrons. The van der Waals surface area contributed by atoms with Gasteiger partial charge in [-0.2, -0.15) is 0 Å². The summed E-state index contributed by atoms with van der Waals surface area (Å²) in [5.41, 5.74) is 0.527. The molecule has 16 heavy (non-hydrogen) atoms. The second-order valence-electron chi connectivity index (χ2n) is 3.06. The van der Waals surface area contributed by atoms with E-state index in [0.717, 1.165) is 0 Å². The smallest absolute Gasteiger partial charge is 0.144 e. The van der Waals surface area contributed by atoms with E-state index in [9.17, 15) is 9.50 Å². The van der Waals surface area contributed by atoms with Crippen LogP contribution in [-0.2, 0) is 0 Å². The van der Waals surface area contributed by atoms with Crippen LogP contribution in [0.2, 0.25) is 5.02 Å². The maximum Gasteiger partial charge on any atom is 0.144 e. The summed E-state index contributed by atoms with van der Waals surface area (Å²) in [6.07, 6.45) is -0.886. The van der Waals surface area contributed by atoms with Crippen molar-refractivity contribution in [1.82, 2.24) is 0 Å². The van der Waals surface area contributed by atoms with E-state index in [1.165, 1.54) is 6.07 Å². The van der Waals surface area contributed by atoms with Gasteiger partial charge in [0.15, 0.2) is 0 Å². The van der Waals surface area contributed by atoms with Crippen LogP contribution >= 0.6 is 43.5 Å². The number of aliphatic hydroxyl groups is 2. The average molecular weight is 377 g/mol. The average Bonchev–Trinajstić information content (AvgIpc) is 2.25. The molecule has 0 heterocycles. The molecule has 0 aliphatic heterocycles. The zero-order valence-corrected chi connectivity index (χ0v) is 11.9. The minimum absolute atomic E-state index is 0.0378. The Labute approximate surface area is 114 Å². The van der Waals surface area contributed by atoms with Gasteiger partial charge in [0.25, 0.3) is 0 Å². The Balaban J connectivity index is 2.92. The molecule has 7 heteroatoms. The van der Waals surface area contributed by atoms with Crippen LogP contribution in [0, 0.1) is 5.82 Å². The van der Waals surface area contributed by atoms with Crippen LogP contribution in [0.15, 0.2) is 15.0 Å². The molecular formula is C9H9Br2ClFNO2. The Kier molecular flexibility index (Phi) is 5.46. The second-order valence-corrected chi connectivity index (χ2v) is 5.09. The van der Waals surface area contributed by atoms with Crippen molar-refractivity contribution in [2.75, 3.05) is 18.5 Å². The Morgan fingerprint density at radius 3 is 2.69 bits per heavy atom. The molecule has 0 bridgehead atoms. The quantitative estimate of drug-likeness (QED) is 0.559. The van der Waals surface area contributed by atoms with E-state index in [1.54, 1.807) is 0 Å². The minimum Gasteiger partial charge on any atom is -0.394 e. The van der Waals surface area contributed by atoms with E-state index in [4.69, 9.17) is 16.7 Å². The lowest BCUT2D eigenvalue weighted by Crippen LogP contribution is -2.23. The van der Waals surface area contributed by atoms with E-state index in [1.807, 2.05) is 0 Å². The Morgan fingerprint density at radius 2 is 2.12 bits per heavy atom. The monoisotopic (exact) mass is 375 g/mol. The minimum atomic E-state index is -0.886. The van der Waals surface area contributed by atoms with Gasteiger partial charge in [0.1, 0.15) is 5.82 Å². The van der Waals surface area contributed by atoms with Gasteiger partial charge in [-0.05, 0) is 37.9 Å². The fourth-order valence-electron chi connectivity index (χ4n) is 1.01. The first-order valence-electron chi connectivity index (χ1n) is 4.33. The predicted molar refractivity (Wildman–Crippen MR) is 68.4 cm³/mol. The largest absolute Gasteiger partial charge is 0.394 e. The zero-order chi connectivity index (χ0) is 12.3. The first-order valence-corrected chi connectivity index (χ1v) is 6.29. The van der Waals surface area contributed by atoms with Crippen LogP contribution in [0.4, 0.5) is 10.1 Å². The van der Waals surface area contributed by atoms with E-state index in [2.05, 4.69) is 37.2 Å². The van der Waals surface area contributed by atoms with Crippen molar-refractivity contribution < 1.29 is 14.6 Å². The Hall–Kier alpha value is 0.120. The van der Waals surface area contributed by atoms with Gasteiger partial charge < -0.3 is 15.5 Å². The summed E-state index contributed by atoms with van der Waals surface area (Å²) in [5.74, 6) is -0.548. The molecule has 0 saturated heterocycles. The molecule has 3 N–H and O–H groups in total. The first-order chi connectivity index (χ1) is 7.47. The predicted octanol–water partition coefficient (Wildman–Crippen LogP) is 2.77. The standard InChI is InChI=1S/C9H9Br2ClFNO2/c10-5-1-6(13)8(12)7(11)9(5)14-2-4(16)3-15/h1,4,14-16H,2-3H2. The number of halogens is 4. The number of benzene rings is 1. The number of nitrogens with one attached hydrogen (secondary N) is 1. The molecule has 0 aliphatic rings. The highest BCUT2D eigenvalue weighted by atomic mass is 79.9.